The van der Waals surface area contributed by atoms with Crippen molar-refractivity contribution in [1.29, 1.82) is 0 Å². The molecule has 38 heavy (non-hydrogen) atoms. The zero-order valence-electron chi connectivity index (χ0n) is 20.6. The van der Waals surface area contributed by atoms with E-state index in [1.54, 1.807) is 30.1 Å². The van der Waals surface area contributed by atoms with Crippen LogP contribution in [-0.2, 0) is 0 Å². The Morgan fingerprint density at radius 3 is 2.37 bits per heavy atom. The molecular formula is C29H25F3N4O2. The van der Waals surface area contributed by atoms with Crippen molar-refractivity contribution in [3.63, 3.8) is 0 Å². The summed E-state index contributed by atoms with van der Waals surface area (Å²) in [6.45, 7) is 1.33. The molecule has 3 aromatic carbocycles. The molecule has 1 aliphatic rings. The highest BCUT2D eigenvalue weighted by Gasteiger charge is 2.25. The molecule has 1 aliphatic heterocycles. The van der Waals surface area contributed by atoms with E-state index in [2.05, 4.69) is 10.3 Å². The minimum absolute atomic E-state index is 0.00213. The van der Waals surface area contributed by atoms with Crippen molar-refractivity contribution >= 4 is 22.7 Å². The van der Waals surface area contributed by atoms with Gasteiger partial charge in [0.25, 0.3) is 5.91 Å². The number of fused-ring (bicyclic) bond motifs is 1. The number of carbonyl (C=O) groups excluding carboxylic acids is 2. The third kappa shape index (κ3) is 5.10. The second-order valence-corrected chi connectivity index (χ2v) is 9.51. The van der Waals surface area contributed by atoms with Crippen molar-refractivity contribution in [2.24, 2.45) is 5.73 Å². The first-order valence-corrected chi connectivity index (χ1v) is 12.2. The van der Waals surface area contributed by atoms with E-state index in [9.17, 15) is 22.8 Å². The molecule has 0 unspecified atom stereocenters. The monoisotopic (exact) mass is 518 g/mol. The number of halogens is 3. The molecule has 0 bridgehead atoms. The van der Waals surface area contributed by atoms with Crippen LogP contribution in [0, 0.1) is 17.5 Å². The van der Waals surface area contributed by atoms with Crippen molar-refractivity contribution in [3.05, 3.63) is 89.4 Å². The van der Waals surface area contributed by atoms with Crippen LogP contribution >= 0.6 is 0 Å². The SMILES string of the molecule is CN(C[C@@H]1CCCN1)C(=O)c1c(-c2cc(F)cc(F)c2)cnc2ccc(-c3cc(F)cc(C(N)=O)c3)cc12. The Balaban J connectivity index is 1.70. The van der Waals surface area contributed by atoms with Gasteiger partial charge in [-0.3, -0.25) is 14.6 Å². The van der Waals surface area contributed by atoms with Gasteiger partial charge in [-0.1, -0.05) is 6.07 Å². The quantitative estimate of drug-likeness (QED) is 0.380. The minimum atomic E-state index is -0.783. The number of nitrogens with one attached hydrogen (secondary N) is 1. The molecule has 0 radical (unpaired) electrons. The Hall–Kier alpha value is -4.24. The van der Waals surface area contributed by atoms with Crippen LogP contribution < -0.4 is 11.1 Å². The molecule has 1 aromatic heterocycles. The van der Waals surface area contributed by atoms with Crippen LogP contribution in [0.3, 0.4) is 0 Å². The third-order valence-corrected chi connectivity index (χ3v) is 6.77. The van der Waals surface area contributed by atoms with Crippen LogP contribution in [0.15, 0.2) is 60.8 Å². The number of nitrogens with two attached hydrogens (primary N) is 1. The number of aromatic nitrogens is 1. The number of rotatable bonds is 6. The van der Waals surface area contributed by atoms with E-state index in [1.807, 2.05) is 0 Å². The van der Waals surface area contributed by atoms with Gasteiger partial charge in [-0.2, -0.15) is 0 Å². The van der Waals surface area contributed by atoms with E-state index in [0.717, 1.165) is 43.7 Å². The number of carbonyl (C=O) groups is 2. The molecule has 1 saturated heterocycles. The number of amides is 2. The lowest BCUT2D eigenvalue weighted by Gasteiger charge is -2.23. The smallest absolute Gasteiger partial charge is 0.255 e. The molecule has 2 amide bonds. The Morgan fingerprint density at radius 2 is 1.68 bits per heavy atom. The first-order chi connectivity index (χ1) is 18.2. The van der Waals surface area contributed by atoms with Crippen LogP contribution in [0.5, 0.6) is 0 Å². The summed E-state index contributed by atoms with van der Waals surface area (Å²) in [6.07, 6.45) is 3.38. The molecule has 0 aliphatic carbocycles. The standard InChI is InChI=1S/C29H25F3N4O2/c1-36(15-23-3-2-6-34-23)29(38)27-24-12-16(17-7-19(28(33)37)11-20(30)8-17)4-5-26(24)35-14-25(27)18-9-21(31)13-22(32)10-18/h4-5,7-14,23,34H,2-3,6,15H2,1H3,(H2,33,37)/t23-/m0/s1. The predicted molar refractivity (Wildman–Crippen MR) is 139 cm³/mol. The number of hydrogen-bond acceptors (Lipinski definition) is 4. The maximum absolute atomic E-state index is 14.3. The highest BCUT2D eigenvalue weighted by molar-refractivity contribution is 6.12. The van der Waals surface area contributed by atoms with Gasteiger partial charge in [0.2, 0.25) is 5.91 Å². The summed E-state index contributed by atoms with van der Waals surface area (Å²) in [7, 11) is 1.68. The summed E-state index contributed by atoms with van der Waals surface area (Å²) in [4.78, 5) is 31.6. The van der Waals surface area contributed by atoms with Gasteiger partial charge in [-0.15, -0.1) is 0 Å². The molecule has 1 fully saturated rings. The lowest BCUT2D eigenvalue weighted by molar-refractivity contribution is 0.0786. The van der Waals surface area contributed by atoms with E-state index in [-0.39, 0.29) is 34.2 Å². The van der Waals surface area contributed by atoms with Gasteiger partial charge in [-0.25, -0.2) is 13.2 Å². The van der Waals surface area contributed by atoms with Crippen molar-refractivity contribution in [2.45, 2.75) is 18.9 Å². The van der Waals surface area contributed by atoms with Gasteiger partial charge in [0.05, 0.1) is 11.1 Å². The molecule has 9 heteroatoms. The number of benzene rings is 3. The van der Waals surface area contributed by atoms with Crippen LogP contribution in [0.2, 0.25) is 0 Å². The van der Waals surface area contributed by atoms with Crippen LogP contribution in [0.4, 0.5) is 13.2 Å². The maximum atomic E-state index is 14.3. The van der Waals surface area contributed by atoms with E-state index in [0.29, 0.717) is 28.6 Å². The van der Waals surface area contributed by atoms with E-state index in [1.165, 1.54) is 18.3 Å². The van der Waals surface area contributed by atoms with Crippen molar-refractivity contribution in [3.8, 4) is 22.3 Å². The molecule has 3 N–H and O–H groups in total. The number of pyridine rings is 1. The summed E-state index contributed by atoms with van der Waals surface area (Å²) >= 11 is 0. The van der Waals surface area contributed by atoms with Gasteiger partial charge in [-0.05, 0) is 78.5 Å². The lowest BCUT2D eigenvalue weighted by Crippen LogP contribution is -2.38. The number of primary amides is 1. The Kier molecular flexibility index (Phi) is 6.86. The summed E-state index contributed by atoms with van der Waals surface area (Å²) in [5, 5.41) is 3.79. The molecule has 0 saturated carbocycles. The van der Waals surface area contributed by atoms with E-state index < -0.39 is 23.4 Å². The first kappa shape index (κ1) is 25.4. The number of nitrogens with zero attached hydrogens (tertiary/aromatic N) is 2. The van der Waals surface area contributed by atoms with Crippen LogP contribution in [0.1, 0.15) is 33.6 Å². The molecule has 194 valence electrons. The average Bonchev–Trinajstić information content (AvgIpc) is 3.39. The van der Waals surface area contributed by atoms with Crippen molar-refractivity contribution in [1.82, 2.24) is 15.2 Å². The molecule has 1 atom stereocenters. The Morgan fingerprint density at radius 1 is 0.974 bits per heavy atom. The zero-order chi connectivity index (χ0) is 27.0. The summed E-state index contributed by atoms with van der Waals surface area (Å²) in [6, 6.07) is 12.0. The predicted octanol–water partition coefficient (Wildman–Crippen LogP) is 4.91. The van der Waals surface area contributed by atoms with Gasteiger partial charge in [0.1, 0.15) is 17.5 Å². The fourth-order valence-electron chi connectivity index (χ4n) is 4.95. The third-order valence-electron chi connectivity index (χ3n) is 6.77. The molecule has 2 heterocycles. The zero-order valence-corrected chi connectivity index (χ0v) is 20.6. The lowest BCUT2D eigenvalue weighted by atomic mass is 9.93. The Labute approximate surface area is 217 Å². The molecular weight excluding hydrogens is 493 g/mol. The van der Waals surface area contributed by atoms with Gasteiger partial charge < -0.3 is 16.0 Å². The van der Waals surface area contributed by atoms with Gasteiger partial charge in [0, 0.05) is 48.4 Å². The highest BCUT2D eigenvalue weighted by atomic mass is 19.1. The molecule has 6 nitrogen and oxygen atoms in total. The number of hydrogen-bond donors (Lipinski definition) is 2. The highest BCUT2D eigenvalue weighted by Crippen LogP contribution is 2.34. The topological polar surface area (TPSA) is 88.3 Å². The number of likely N-dealkylation sites (N-methyl/N-ethyl adjacent to an activating group) is 1. The second-order valence-electron chi connectivity index (χ2n) is 9.51. The van der Waals surface area contributed by atoms with Crippen molar-refractivity contribution < 1.29 is 22.8 Å². The first-order valence-electron chi connectivity index (χ1n) is 12.2. The van der Waals surface area contributed by atoms with Crippen molar-refractivity contribution in [2.75, 3.05) is 20.1 Å². The second kappa shape index (κ2) is 10.3. The van der Waals surface area contributed by atoms with Gasteiger partial charge >= 0.3 is 0 Å². The normalized spacial score (nSPS) is 15.1. The fourth-order valence-corrected chi connectivity index (χ4v) is 4.95. The van der Waals surface area contributed by atoms with Gasteiger partial charge in [0.15, 0.2) is 0 Å². The minimum Gasteiger partial charge on any atom is -0.366 e. The van der Waals surface area contributed by atoms with Crippen LogP contribution in [-0.4, -0.2) is 47.9 Å². The largest absolute Gasteiger partial charge is 0.366 e. The summed E-state index contributed by atoms with van der Waals surface area (Å²) in [5.41, 5.74) is 7.37. The van der Waals surface area contributed by atoms with E-state index in [4.69, 9.17) is 5.73 Å². The summed E-state index contributed by atoms with van der Waals surface area (Å²) in [5.74, 6) is -3.33. The molecule has 5 rings (SSSR count). The molecule has 0 spiro atoms. The summed E-state index contributed by atoms with van der Waals surface area (Å²) < 4.78 is 42.7. The van der Waals surface area contributed by atoms with E-state index >= 15 is 0 Å². The maximum Gasteiger partial charge on any atom is 0.255 e. The fraction of sp³-hybridized carbons (Fsp3) is 0.207. The molecule has 4 aromatic rings. The Bertz CT molecular complexity index is 1550. The van der Waals surface area contributed by atoms with Crippen LogP contribution in [0.25, 0.3) is 33.2 Å². The average molecular weight is 519 g/mol.